The van der Waals surface area contributed by atoms with Gasteiger partial charge in [-0.15, -0.1) is 6.58 Å². The first-order valence-electron chi connectivity index (χ1n) is 12.1. The molecular formula is C28H41BrN2OSi. The minimum atomic E-state index is -1.91. The molecule has 3 rings (SSSR count). The predicted molar refractivity (Wildman–Crippen MR) is 148 cm³/mol. The molecule has 1 unspecified atom stereocenters. The SMILES string of the molecule is C=CCN1C[C@H](C)N(C(c2cccc(Br)c2)c2cccc(O[Si](C)(C)C(C)(C)C)c2)C[C@H]1C. The van der Waals surface area contributed by atoms with Crippen LogP contribution in [0.5, 0.6) is 5.75 Å². The summed E-state index contributed by atoms with van der Waals surface area (Å²) in [6, 6.07) is 18.7. The molecule has 33 heavy (non-hydrogen) atoms. The van der Waals surface area contributed by atoms with Gasteiger partial charge in [0.2, 0.25) is 8.32 Å². The fraction of sp³-hybridized carbons (Fsp3) is 0.500. The summed E-state index contributed by atoms with van der Waals surface area (Å²) in [5.41, 5.74) is 2.60. The van der Waals surface area contributed by atoms with Crippen molar-refractivity contribution in [2.24, 2.45) is 0 Å². The second-order valence-corrected chi connectivity index (χ2v) is 16.7. The number of halogens is 1. The fourth-order valence-corrected chi connectivity index (χ4v) is 5.89. The summed E-state index contributed by atoms with van der Waals surface area (Å²) in [4.78, 5) is 5.20. The van der Waals surface area contributed by atoms with Crippen molar-refractivity contribution >= 4 is 24.2 Å². The summed E-state index contributed by atoms with van der Waals surface area (Å²) in [6.07, 6.45) is 2.02. The van der Waals surface area contributed by atoms with Crippen LogP contribution in [-0.2, 0) is 0 Å². The van der Waals surface area contributed by atoms with Gasteiger partial charge in [0, 0.05) is 36.2 Å². The van der Waals surface area contributed by atoms with E-state index in [1.807, 2.05) is 6.08 Å². The van der Waals surface area contributed by atoms with Crippen molar-refractivity contribution in [1.29, 1.82) is 0 Å². The van der Waals surface area contributed by atoms with Gasteiger partial charge < -0.3 is 4.43 Å². The molecule has 5 heteroatoms. The van der Waals surface area contributed by atoms with Crippen LogP contribution in [0.25, 0.3) is 0 Å². The lowest BCUT2D eigenvalue weighted by Crippen LogP contribution is -2.57. The second kappa shape index (κ2) is 10.5. The van der Waals surface area contributed by atoms with Crippen LogP contribution in [-0.4, -0.2) is 49.8 Å². The molecule has 1 fully saturated rings. The molecule has 0 N–H and O–H groups in total. The third-order valence-corrected chi connectivity index (χ3v) is 12.2. The number of hydrogen-bond donors (Lipinski definition) is 0. The highest BCUT2D eigenvalue weighted by Gasteiger charge is 2.39. The van der Waals surface area contributed by atoms with Crippen LogP contribution < -0.4 is 4.43 Å². The van der Waals surface area contributed by atoms with Crippen molar-refractivity contribution in [2.45, 2.75) is 70.9 Å². The van der Waals surface area contributed by atoms with E-state index in [2.05, 4.69) is 129 Å². The van der Waals surface area contributed by atoms with Gasteiger partial charge in [-0.05, 0) is 67.4 Å². The molecule has 2 aromatic carbocycles. The Hall–Kier alpha value is -1.40. The molecule has 0 bridgehead atoms. The molecule has 1 heterocycles. The van der Waals surface area contributed by atoms with E-state index in [-0.39, 0.29) is 11.1 Å². The number of hydrogen-bond acceptors (Lipinski definition) is 3. The van der Waals surface area contributed by atoms with Crippen LogP contribution in [0.15, 0.2) is 65.7 Å². The Labute approximate surface area is 211 Å². The molecule has 180 valence electrons. The summed E-state index contributed by atoms with van der Waals surface area (Å²) in [6.45, 7) is 23.1. The van der Waals surface area contributed by atoms with Gasteiger partial charge in [0.15, 0.2) is 0 Å². The second-order valence-electron chi connectivity index (χ2n) is 11.0. The number of benzene rings is 2. The Morgan fingerprint density at radius 2 is 1.70 bits per heavy atom. The molecule has 1 aliphatic heterocycles. The average Bonchev–Trinajstić information content (AvgIpc) is 2.71. The van der Waals surface area contributed by atoms with E-state index < -0.39 is 8.32 Å². The molecule has 1 aliphatic rings. The van der Waals surface area contributed by atoms with E-state index in [1.54, 1.807) is 0 Å². The molecule has 0 aliphatic carbocycles. The Balaban J connectivity index is 2.01. The lowest BCUT2D eigenvalue weighted by molar-refractivity contribution is 0.0306. The topological polar surface area (TPSA) is 15.7 Å². The number of rotatable bonds is 7. The summed E-state index contributed by atoms with van der Waals surface area (Å²) in [5, 5.41) is 0.165. The van der Waals surface area contributed by atoms with Crippen molar-refractivity contribution in [3.05, 3.63) is 76.8 Å². The molecule has 0 amide bonds. The van der Waals surface area contributed by atoms with E-state index in [0.717, 1.165) is 29.9 Å². The van der Waals surface area contributed by atoms with Crippen molar-refractivity contribution in [2.75, 3.05) is 19.6 Å². The fourth-order valence-electron chi connectivity index (χ4n) is 4.45. The van der Waals surface area contributed by atoms with Crippen molar-refractivity contribution in [3.63, 3.8) is 0 Å². The quantitative estimate of drug-likeness (QED) is 0.273. The molecule has 1 saturated heterocycles. The standard InChI is InChI=1S/C28H41BrN2OSi/c1-9-16-30-19-22(3)31(20-21(30)2)27(23-12-10-14-25(29)17-23)24-13-11-15-26(18-24)32-33(7,8)28(4,5)6/h9-15,17-18,21-22,27H,1,16,19-20H2,2-8H3/t21-,22+,27?/m1/s1. The largest absolute Gasteiger partial charge is 0.543 e. The summed E-state index contributed by atoms with van der Waals surface area (Å²) >= 11 is 3.70. The maximum Gasteiger partial charge on any atom is 0.250 e. The van der Waals surface area contributed by atoms with Gasteiger partial charge in [-0.3, -0.25) is 9.80 Å². The lowest BCUT2D eigenvalue weighted by atomic mass is 9.93. The third-order valence-electron chi connectivity index (χ3n) is 7.38. The van der Waals surface area contributed by atoms with Gasteiger partial charge >= 0.3 is 0 Å². The Morgan fingerprint density at radius 1 is 1.06 bits per heavy atom. The molecule has 0 saturated carbocycles. The Kier molecular flexibility index (Phi) is 8.31. The number of piperazine rings is 1. The maximum absolute atomic E-state index is 6.69. The normalized spacial score (nSPS) is 21.6. The zero-order valence-electron chi connectivity index (χ0n) is 21.4. The minimum Gasteiger partial charge on any atom is -0.543 e. The van der Waals surface area contributed by atoms with Crippen LogP contribution in [0.3, 0.4) is 0 Å². The van der Waals surface area contributed by atoms with E-state index in [1.165, 1.54) is 11.1 Å². The van der Waals surface area contributed by atoms with Gasteiger partial charge in [0.1, 0.15) is 5.75 Å². The monoisotopic (exact) mass is 528 g/mol. The van der Waals surface area contributed by atoms with Crippen molar-refractivity contribution in [1.82, 2.24) is 9.80 Å². The third kappa shape index (κ3) is 6.19. The molecular weight excluding hydrogens is 488 g/mol. The van der Waals surface area contributed by atoms with Crippen molar-refractivity contribution < 1.29 is 4.43 Å². The van der Waals surface area contributed by atoms with E-state index >= 15 is 0 Å². The first-order chi connectivity index (χ1) is 15.4. The summed E-state index contributed by atoms with van der Waals surface area (Å²) in [5.74, 6) is 0.991. The Morgan fingerprint density at radius 3 is 2.30 bits per heavy atom. The first-order valence-corrected chi connectivity index (χ1v) is 15.8. The van der Waals surface area contributed by atoms with Gasteiger partial charge in [0.25, 0.3) is 0 Å². The molecule has 0 radical (unpaired) electrons. The van der Waals surface area contributed by atoms with E-state index in [4.69, 9.17) is 4.43 Å². The van der Waals surface area contributed by atoms with Crippen LogP contribution in [0, 0.1) is 0 Å². The summed E-state index contributed by atoms with van der Waals surface area (Å²) < 4.78 is 7.81. The summed E-state index contributed by atoms with van der Waals surface area (Å²) in [7, 11) is -1.91. The molecule has 3 nitrogen and oxygen atoms in total. The minimum absolute atomic E-state index is 0.165. The molecule has 2 aromatic rings. The average molecular weight is 530 g/mol. The highest BCUT2D eigenvalue weighted by atomic mass is 79.9. The molecule has 0 spiro atoms. The first kappa shape index (κ1) is 26.2. The smallest absolute Gasteiger partial charge is 0.250 e. The van der Waals surface area contributed by atoms with E-state index in [9.17, 15) is 0 Å². The van der Waals surface area contributed by atoms with Crippen LogP contribution >= 0.6 is 15.9 Å². The van der Waals surface area contributed by atoms with Crippen LogP contribution in [0.1, 0.15) is 51.8 Å². The van der Waals surface area contributed by atoms with Crippen molar-refractivity contribution in [3.8, 4) is 5.75 Å². The zero-order chi connectivity index (χ0) is 24.4. The van der Waals surface area contributed by atoms with Gasteiger partial charge in [-0.25, -0.2) is 0 Å². The van der Waals surface area contributed by atoms with E-state index in [0.29, 0.717) is 12.1 Å². The maximum atomic E-state index is 6.69. The lowest BCUT2D eigenvalue weighted by Gasteiger charge is -2.47. The van der Waals surface area contributed by atoms with Crippen LogP contribution in [0.2, 0.25) is 18.1 Å². The van der Waals surface area contributed by atoms with Crippen LogP contribution in [0.4, 0.5) is 0 Å². The van der Waals surface area contributed by atoms with Gasteiger partial charge in [-0.1, -0.05) is 67.0 Å². The van der Waals surface area contributed by atoms with Gasteiger partial charge in [-0.2, -0.15) is 0 Å². The molecule has 3 atom stereocenters. The predicted octanol–water partition coefficient (Wildman–Crippen LogP) is 7.50. The highest BCUT2D eigenvalue weighted by Crippen LogP contribution is 2.39. The molecule has 0 aromatic heterocycles. The van der Waals surface area contributed by atoms with Gasteiger partial charge in [0.05, 0.1) is 6.04 Å². The number of nitrogens with zero attached hydrogens (tertiary/aromatic N) is 2. The highest BCUT2D eigenvalue weighted by molar-refractivity contribution is 9.10. The zero-order valence-corrected chi connectivity index (χ0v) is 24.0. The Bertz CT molecular complexity index is 955.